The number of nitrogens with zero attached hydrogens (tertiary/aromatic N) is 5. The van der Waals surface area contributed by atoms with Crippen molar-refractivity contribution in [2.75, 3.05) is 36.5 Å². The first-order chi connectivity index (χ1) is 30.4. The minimum atomic E-state index is -4.75. The molecule has 0 radical (unpaired) electrons. The van der Waals surface area contributed by atoms with Gasteiger partial charge >= 0.3 is 5.69 Å². The predicted octanol–water partition coefficient (Wildman–Crippen LogP) is 8.12. The summed E-state index contributed by atoms with van der Waals surface area (Å²) in [6.45, 7) is 7.45. The van der Waals surface area contributed by atoms with Crippen molar-refractivity contribution in [2.24, 2.45) is 5.41 Å². The summed E-state index contributed by atoms with van der Waals surface area (Å²) in [5, 5.41) is 15.4. The fourth-order valence-electron chi connectivity index (χ4n) is 10.0. The highest BCUT2D eigenvalue weighted by Crippen LogP contribution is 2.54. The molecule has 2 atom stereocenters. The van der Waals surface area contributed by atoms with Crippen molar-refractivity contribution in [1.82, 2.24) is 24.6 Å². The van der Waals surface area contributed by atoms with E-state index >= 15 is 0 Å². The average molecular weight is 869 g/mol. The lowest BCUT2D eigenvalue weighted by Gasteiger charge is -2.62. The highest BCUT2D eigenvalue weighted by molar-refractivity contribution is 7.90. The lowest BCUT2D eigenvalue weighted by atomic mass is 9.60. The first-order valence-electron chi connectivity index (χ1n) is 21.5. The molecule has 2 saturated heterocycles. The number of carbonyl (C=O) groups is 1. The third-order valence-electron chi connectivity index (χ3n) is 13.0. The van der Waals surface area contributed by atoms with E-state index in [1.54, 1.807) is 24.4 Å². The second-order valence-corrected chi connectivity index (χ2v) is 19.3. The molecule has 1 unspecified atom stereocenters. The number of fused-ring (bicyclic) bond motifs is 2. The summed E-state index contributed by atoms with van der Waals surface area (Å²) in [4.78, 5) is 42.2. The zero-order valence-corrected chi connectivity index (χ0v) is 35.8. The number of amides is 1. The summed E-state index contributed by atoms with van der Waals surface area (Å²) in [5.74, 6) is -0.307. The maximum absolute atomic E-state index is 14.0. The van der Waals surface area contributed by atoms with Crippen molar-refractivity contribution >= 4 is 44.0 Å². The average Bonchev–Trinajstić information content (AvgIpc) is 3.93. The third-order valence-corrected chi connectivity index (χ3v) is 14.3. The Bertz CT molecular complexity index is 2840. The molecular weight excluding hydrogens is 821 g/mol. The van der Waals surface area contributed by atoms with Crippen molar-refractivity contribution in [3.05, 3.63) is 136 Å². The molecule has 15 nitrogen and oxygen atoms in total. The zero-order valence-electron chi connectivity index (χ0n) is 35.0. The Kier molecular flexibility index (Phi) is 10.3. The molecular formula is C47H48N8O7S. The molecule has 10 rings (SSSR count). The molecule has 1 aliphatic carbocycles. The number of anilines is 2. The van der Waals surface area contributed by atoms with Gasteiger partial charge in [-0.15, -0.1) is 0 Å². The molecule has 3 aromatic heterocycles. The normalized spacial score (nSPS) is 19.5. The quantitative estimate of drug-likeness (QED) is 0.0794. The van der Waals surface area contributed by atoms with E-state index in [0.29, 0.717) is 35.8 Å². The molecule has 3 aromatic carbocycles. The van der Waals surface area contributed by atoms with Crippen LogP contribution in [0.2, 0.25) is 0 Å². The van der Waals surface area contributed by atoms with E-state index in [4.69, 9.17) is 9.47 Å². The van der Waals surface area contributed by atoms with E-state index in [1.165, 1.54) is 36.2 Å². The maximum atomic E-state index is 14.0. The number of likely N-dealkylation sites (tertiary alicyclic amines) is 1. The van der Waals surface area contributed by atoms with E-state index in [2.05, 4.69) is 72.9 Å². The molecule has 0 bridgehead atoms. The van der Waals surface area contributed by atoms with Crippen LogP contribution in [-0.4, -0.2) is 77.4 Å². The predicted molar refractivity (Wildman–Crippen MR) is 238 cm³/mol. The molecule has 1 amide bonds. The largest absolute Gasteiger partial charge is 0.474 e. The number of sulfonamides is 1. The molecule has 6 aromatic rings. The Morgan fingerprint density at radius 2 is 1.84 bits per heavy atom. The molecule has 3 fully saturated rings. The van der Waals surface area contributed by atoms with Gasteiger partial charge in [-0.1, -0.05) is 68.4 Å². The van der Waals surface area contributed by atoms with Gasteiger partial charge < -0.3 is 24.7 Å². The third kappa shape index (κ3) is 7.82. The monoisotopic (exact) mass is 868 g/mol. The Hall–Kier alpha value is -6.52. The Labute approximate surface area is 365 Å². The van der Waals surface area contributed by atoms with Crippen molar-refractivity contribution in [1.29, 1.82) is 0 Å². The van der Waals surface area contributed by atoms with Crippen LogP contribution in [0.15, 0.2) is 108 Å². The molecule has 324 valence electrons. The molecule has 4 aliphatic rings. The van der Waals surface area contributed by atoms with E-state index in [-0.39, 0.29) is 40.9 Å². The van der Waals surface area contributed by atoms with Crippen LogP contribution < -0.4 is 24.4 Å². The van der Waals surface area contributed by atoms with Crippen LogP contribution in [0.1, 0.15) is 78.5 Å². The highest BCUT2D eigenvalue weighted by atomic mass is 32.2. The van der Waals surface area contributed by atoms with Gasteiger partial charge in [0.25, 0.3) is 15.9 Å². The fourth-order valence-corrected chi connectivity index (χ4v) is 11.0. The van der Waals surface area contributed by atoms with Gasteiger partial charge in [0, 0.05) is 53.9 Å². The summed E-state index contributed by atoms with van der Waals surface area (Å²) in [6, 6.07) is 28.6. The second-order valence-electron chi connectivity index (χ2n) is 17.7. The van der Waals surface area contributed by atoms with E-state index in [9.17, 15) is 23.3 Å². The van der Waals surface area contributed by atoms with Gasteiger partial charge in [0.05, 0.1) is 28.8 Å². The zero-order chi connectivity index (χ0) is 43.5. The number of rotatable bonds is 12. The van der Waals surface area contributed by atoms with Gasteiger partial charge in [-0.3, -0.25) is 19.8 Å². The Balaban J connectivity index is 0.868. The van der Waals surface area contributed by atoms with Crippen LogP contribution in [0.4, 0.5) is 17.1 Å². The van der Waals surface area contributed by atoms with Gasteiger partial charge in [0.1, 0.15) is 23.8 Å². The number of benzene rings is 3. The first-order valence-corrected chi connectivity index (χ1v) is 22.9. The van der Waals surface area contributed by atoms with Crippen molar-refractivity contribution < 1.29 is 27.6 Å². The topological polar surface area (TPSA) is 185 Å². The molecule has 63 heavy (non-hydrogen) atoms. The van der Waals surface area contributed by atoms with Gasteiger partial charge in [0.2, 0.25) is 5.88 Å². The highest BCUT2D eigenvalue weighted by Gasteiger charge is 2.55. The number of aromatic nitrogens is 3. The minimum Gasteiger partial charge on any atom is -0.474 e. The Morgan fingerprint density at radius 3 is 2.63 bits per heavy atom. The van der Waals surface area contributed by atoms with Crippen molar-refractivity contribution in [3.8, 4) is 17.4 Å². The SMILES string of the molecule is CC(C)c1ccccc1[C@@H]1CCCN1C1CC2(C1)CN(c1ccc(C(=O)NS(=O)(=O)c3cc([N+](=O)[O-])c4c(n3)OCC(Cc3ccccc3)N4)c(Oc3cnc4[nH]ccc4c3)c1)C2. The van der Waals surface area contributed by atoms with Crippen LogP contribution >= 0.6 is 0 Å². The molecule has 1 saturated carbocycles. The molecule has 3 N–H and O–H groups in total. The van der Waals surface area contributed by atoms with E-state index in [0.717, 1.165) is 55.2 Å². The van der Waals surface area contributed by atoms with E-state index in [1.807, 2.05) is 36.4 Å². The lowest BCUT2D eigenvalue weighted by Crippen LogP contribution is -2.66. The summed E-state index contributed by atoms with van der Waals surface area (Å²) in [7, 11) is -4.75. The number of carbonyl (C=O) groups excluding carboxylic acids is 1. The van der Waals surface area contributed by atoms with Gasteiger partial charge in [-0.05, 0) is 85.5 Å². The summed E-state index contributed by atoms with van der Waals surface area (Å²) in [6.07, 6.45) is 8.43. The number of hydrogen-bond donors (Lipinski definition) is 3. The van der Waals surface area contributed by atoms with Crippen LogP contribution in [-0.2, 0) is 16.4 Å². The standard InChI is InChI=1S/C47H48N8O7S/c1-29(2)36-11-6-7-12-37(36)39-13-8-18-54(39)34-23-47(24-34)27-53(28-47)33-14-15-38(41(21-33)62-35-20-31-16-17-48-44(31)49-25-35)45(56)52-63(59,60)42-22-40(55(57)58)43-46(51-42)61-26-32(50-43)19-30-9-4-3-5-10-30/h3-7,9-12,14-17,20-22,25,29,32,34,39,50H,8,13,18-19,23-24,26-28H2,1-2H3,(H,48,49)(H,52,56)/t32?,39-/m0/s1. The molecule has 3 aliphatic heterocycles. The molecule has 1 spiro atoms. The fraction of sp³-hybridized carbons (Fsp3) is 0.340. The summed E-state index contributed by atoms with van der Waals surface area (Å²) >= 11 is 0. The van der Waals surface area contributed by atoms with Crippen LogP contribution in [0.5, 0.6) is 17.4 Å². The summed E-state index contributed by atoms with van der Waals surface area (Å²) < 4.78 is 41.8. The number of H-pyrrole nitrogens is 1. The lowest BCUT2D eigenvalue weighted by molar-refractivity contribution is -0.384. The summed E-state index contributed by atoms with van der Waals surface area (Å²) in [5.41, 5.74) is 4.96. The number of ether oxygens (including phenoxy) is 2. The molecule has 16 heteroatoms. The van der Waals surface area contributed by atoms with Gasteiger partial charge in [0.15, 0.2) is 10.7 Å². The number of aromatic amines is 1. The van der Waals surface area contributed by atoms with E-state index < -0.39 is 31.6 Å². The minimum absolute atomic E-state index is 0.0328. The smallest absolute Gasteiger partial charge is 0.300 e. The number of nitro groups is 1. The number of pyridine rings is 2. The Morgan fingerprint density at radius 1 is 1.05 bits per heavy atom. The van der Waals surface area contributed by atoms with Crippen molar-refractivity contribution in [3.63, 3.8) is 0 Å². The van der Waals surface area contributed by atoms with Crippen molar-refractivity contribution in [2.45, 2.75) is 75.0 Å². The van der Waals surface area contributed by atoms with Crippen LogP contribution in [0.25, 0.3) is 11.0 Å². The van der Waals surface area contributed by atoms with Crippen LogP contribution in [0.3, 0.4) is 0 Å². The molecule has 6 heterocycles. The first kappa shape index (κ1) is 40.5. The van der Waals surface area contributed by atoms with Crippen LogP contribution in [0, 0.1) is 15.5 Å². The van der Waals surface area contributed by atoms with Gasteiger partial charge in [-0.2, -0.15) is 13.4 Å². The van der Waals surface area contributed by atoms with Gasteiger partial charge in [-0.25, -0.2) is 9.71 Å². The number of hydrogen-bond acceptors (Lipinski definition) is 12. The maximum Gasteiger partial charge on any atom is 0.300 e. The number of nitrogens with one attached hydrogen (secondary N) is 3. The second kappa shape index (κ2) is 16.0.